The first-order valence-electron chi connectivity index (χ1n) is 6.10. The van der Waals surface area contributed by atoms with Crippen LogP contribution in [0.15, 0.2) is 18.3 Å². The minimum atomic E-state index is 0.0135. The van der Waals surface area contributed by atoms with Gasteiger partial charge < -0.3 is 10.2 Å². The van der Waals surface area contributed by atoms with E-state index in [-0.39, 0.29) is 5.91 Å². The zero-order valence-electron chi connectivity index (χ0n) is 10.4. The van der Waals surface area contributed by atoms with Crippen molar-refractivity contribution in [1.29, 1.82) is 0 Å². The molecule has 4 nitrogen and oxygen atoms in total. The fourth-order valence-corrected chi connectivity index (χ4v) is 2.01. The Morgan fingerprint density at radius 3 is 2.76 bits per heavy atom. The Kier molecular flexibility index (Phi) is 3.61. The quantitative estimate of drug-likeness (QED) is 0.865. The number of nitrogens with zero attached hydrogens (tertiary/aromatic N) is 2. The predicted octanol–water partition coefficient (Wildman–Crippen LogP) is 2.00. The summed E-state index contributed by atoms with van der Waals surface area (Å²) in [5.41, 5.74) is 1.44. The van der Waals surface area contributed by atoms with Gasteiger partial charge in [-0.25, -0.2) is 4.98 Å². The van der Waals surface area contributed by atoms with Gasteiger partial charge in [0.15, 0.2) is 0 Å². The molecule has 4 heteroatoms. The molecule has 1 saturated carbocycles. The molecule has 0 bridgehead atoms. The van der Waals surface area contributed by atoms with E-state index in [9.17, 15) is 4.79 Å². The van der Waals surface area contributed by atoms with Gasteiger partial charge in [0.05, 0.1) is 11.9 Å². The van der Waals surface area contributed by atoms with Gasteiger partial charge in [0.1, 0.15) is 5.69 Å². The highest BCUT2D eigenvalue weighted by molar-refractivity contribution is 5.92. The SMILES string of the molecule is CNc1ccc(C(=O)N(C)CC2CCC2)nc1. The molecule has 2 rings (SSSR count). The van der Waals surface area contributed by atoms with Crippen molar-refractivity contribution in [3.05, 3.63) is 24.0 Å². The lowest BCUT2D eigenvalue weighted by Gasteiger charge is -2.29. The molecule has 1 N–H and O–H groups in total. The van der Waals surface area contributed by atoms with Gasteiger partial charge in [0.2, 0.25) is 0 Å². The van der Waals surface area contributed by atoms with E-state index in [2.05, 4.69) is 10.3 Å². The molecular weight excluding hydrogens is 214 g/mol. The van der Waals surface area contributed by atoms with Crippen LogP contribution in [0.3, 0.4) is 0 Å². The number of rotatable bonds is 4. The summed E-state index contributed by atoms with van der Waals surface area (Å²) in [6.45, 7) is 0.855. The largest absolute Gasteiger partial charge is 0.387 e. The average Bonchev–Trinajstić information content (AvgIpc) is 2.32. The number of hydrogen-bond donors (Lipinski definition) is 1. The van der Waals surface area contributed by atoms with Crippen LogP contribution < -0.4 is 5.32 Å². The van der Waals surface area contributed by atoms with Crippen LogP contribution in [0.1, 0.15) is 29.8 Å². The third-order valence-electron chi connectivity index (χ3n) is 3.37. The van der Waals surface area contributed by atoms with Gasteiger partial charge in [-0.15, -0.1) is 0 Å². The van der Waals surface area contributed by atoms with Gasteiger partial charge in [-0.2, -0.15) is 0 Å². The Labute approximate surface area is 102 Å². The minimum absolute atomic E-state index is 0.0135. The molecule has 1 aromatic heterocycles. The lowest BCUT2D eigenvalue weighted by Crippen LogP contribution is -2.34. The van der Waals surface area contributed by atoms with Gasteiger partial charge in [-0.1, -0.05) is 6.42 Å². The Hall–Kier alpha value is -1.58. The molecule has 0 atom stereocenters. The number of carbonyl (C=O) groups excluding carboxylic acids is 1. The monoisotopic (exact) mass is 233 g/mol. The first kappa shape index (κ1) is 11.9. The van der Waals surface area contributed by atoms with Crippen molar-refractivity contribution in [2.75, 3.05) is 26.0 Å². The summed E-state index contributed by atoms with van der Waals surface area (Å²) in [6.07, 6.45) is 5.50. The second kappa shape index (κ2) is 5.17. The predicted molar refractivity (Wildman–Crippen MR) is 68.1 cm³/mol. The standard InChI is InChI=1S/C13H19N3O/c1-14-11-6-7-12(15-8-11)13(17)16(2)9-10-4-3-5-10/h6-8,10,14H,3-5,9H2,1-2H3. The maximum absolute atomic E-state index is 12.1. The van der Waals surface area contributed by atoms with Crippen molar-refractivity contribution in [3.63, 3.8) is 0 Å². The molecule has 1 fully saturated rings. The summed E-state index contributed by atoms with van der Waals surface area (Å²) in [5.74, 6) is 0.708. The van der Waals surface area contributed by atoms with E-state index in [0.29, 0.717) is 11.6 Å². The number of amides is 1. The van der Waals surface area contributed by atoms with Gasteiger partial charge in [-0.05, 0) is 30.9 Å². The normalized spacial score (nSPS) is 15.2. The summed E-state index contributed by atoms with van der Waals surface area (Å²) >= 11 is 0. The number of aromatic nitrogens is 1. The molecule has 0 saturated heterocycles. The fraction of sp³-hybridized carbons (Fsp3) is 0.538. The van der Waals surface area contributed by atoms with Crippen LogP contribution in [0.4, 0.5) is 5.69 Å². The van der Waals surface area contributed by atoms with Gasteiger partial charge in [0, 0.05) is 20.6 Å². The van der Waals surface area contributed by atoms with Crippen molar-refractivity contribution >= 4 is 11.6 Å². The van der Waals surface area contributed by atoms with Gasteiger partial charge >= 0.3 is 0 Å². The molecule has 1 heterocycles. The average molecular weight is 233 g/mol. The molecule has 0 unspecified atom stereocenters. The van der Waals surface area contributed by atoms with Crippen molar-refractivity contribution in [2.24, 2.45) is 5.92 Å². The lowest BCUT2D eigenvalue weighted by atomic mass is 9.85. The van der Waals surface area contributed by atoms with Crippen molar-refractivity contribution in [3.8, 4) is 0 Å². The highest BCUT2D eigenvalue weighted by Crippen LogP contribution is 2.27. The van der Waals surface area contributed by atoms with E-state index in [1.54, 1.807) is 17.2 Å². The molecule has 1 amide bonds. The zero-order valence-corrected chi connectivity index (χ0v) is 10.4. The molecule has 0 aromatic carbocycles. The molecule has 1 aliphatic rings. The number of anilines is 1. The number of pyridine rings is 1. The Bertz CT molecular complexity index is 384. The summed E-state index contributed by atoms with van der Waals surface area (Å²) in [5, 5.41) is 2.99. The molecule has 0 aliphatic heterocycles. The number of nitrogens with one attached hydrogen (secondary N) is 1. The van der Waals surface area contributed by atoms with Crippen LogP contribution in [0, 0.1) is 5.92 Å². The van der Waals surface area contributed by atoms with Crippen LogP contribution in [0.25, 0.3) is 0 Å². The fourth-order valence-electron chi connectivity index (χ4n) is 2.01. The maximum Gasteiger partial charge on any atom is 0.272 e. The molecular formula is C13H19N3O. The molecule has 0 spiro atoms. The molecule has 1 aromatic rings. The van der Waals surface area contributed by atoms with Crippen LogP contribution in [-0.2, 0) is 0 Å². The number of hydrogen-bond acceptors (Lipinski definition) is 3. The van der Waals surface area contributed by atoms with E-state index in [4.69, 9.17) is 0 Å². The first-order valence-corrected chi connectivity index (χ1v) is 6.10. The Balaban J connectivity index is 1.96. The highest BCUT2D eigenvalue weighted by Gasteiger charge is 2.22. The smallest absolute Gasteiger partial charge is 0.272 e. The van der Waals surface area contributed by atoms with E-state index < -0.39 is 0 Å². The van der Waals surface area contributed by atoms with E-state index in [1.807, 2.05) is 20.2 Å². The van der Waals surface area contributed by atoms with Crippen LogP contribution >= 0.6 is 0 Å². The minimum Gasteiger partial charge on any atom is -0.387 e. The lowest BCUT2D eigenvalue weighted by molar-refractivity contribution is 0.0739. The van der Waals surface area contributed by atoms with E-state index >= 15 is 0 Å². The van der Waals surface area contributed by atoms with Crippen molar-refractivity contribution in [1.82, 2.24) is 9.88 Å². The van der Waals surface area contributed by atoms with E-state index in [1.165, 1.54) is 19.3 Å². The second-order valence-electron chi connectivity index (χ2n) is 4.66. The van der Waals surface area contributed by atoms with Crippen LogP contribution in [-0.4, -0.2) is 36.4 Å². The molecule has 92 valence electrons. The molecule has 17 heavy (non-hydrogen) atoms. The highest BCUT2D eigenvalue weighted by atomic mass is 16.2. The topological polar surface area (TPSA) is 45.2 Å². The second-order valence-corrected chi connectivity index (χ2v) is 4.66. The number of carbonyl (C=O) groups is 1. The zero-order chi connectivity index (χ0) is 12.3. The van der Waals surface area contributed by atoms with Gasteiger partial charge in [-0.3, -0.25) is 4.79 Å². The van der Waals surface area contributed by atoms with Crippen molar-refractivity contribution in [2.45, 2.75) is 19.3 Å². The summed E-state index contributed by atoms with van der Waals surface area (Å²) in [6, 6.07) is 3.64. The maximum atomic E-state index is 12.1. The summed E-state index contributed by atoms with van der Waals surface area (Å²) in [4.78, 5) is 18.0. The third-order valence-corrected chi connectivity index (χ3v) is 3.37. The van der Waals surface area contributed by atoms with E-state index in [0.717, 1.165) is 12.2 Å². The van der Waals surface area contributed by atoms with Crippen LogP contribution in [0.2, 0.25) is 0 Å². The van der Waals surface area contributed by atoms with Gasteiger partial charge in [0.25, 0.3) is 5.91 Å². The Morgan fingerprint density at radius 1 is 1.53 bits per heavy atom. The molecule has 0 radical (unpaired) electrons. The molecule has 1 aliphatic carbocycles. The Morgan fingerprint density at radius 2 is 2.29 bits per heavy atom. The first-order chi connectivity index (χ1) is 8.20. The third kappa shape index (κ3) is 2.75. The summed E-state index contributed by atoms with van der Waals surface area (Å²) < 4.78 is 0. The summed E-state index contributed by atoms with van der Waals surface area (Å²) in [7, 11) is 3.69. The van der Waals surface area contributed by atoms with Crippen molar-refractivity contribution < 1.29 is 4.79 Å². The van der Waals surface area contributed by atoms with Crippen LogP contribution in [0.5, 0.6) is 0 Å².